The summed E-state index contributed by atoms with van der Waals surface area (Å²) >= 11 is 12.6. The second-order valence-electron chi connectivity index (χ2n) is 5.85. The van der Waals surface area contributed by atoms with Crippen LogP contribution in [-0.2, 0) is 13.0 Å². The van der Waals surface area contributed by atoms with E-state index in [1.165, 1.54) is 5.56 Å². The van der Waals surface area contributed by atoms with Crippen LogP contribution in [-0.4, -0.2) is 27.4 Å². The fourth-order valence-corrected chi connectivity index (χ4v) is 3.20. The molecule has 4 nitrogen and oxygen atoms in total. The normalized spacial score (nSPS) is 10.7. The van der Waals surface area contributed by atoms with Gasteiger partial charge in [-0.05, 0) is 54.8 Å². The zero-order valence-electron chi connectivity index (χ0n) is 15.4. The number of rotatable bonds is 10. The third kappa shape index (κ3) is 5.70. The second kappa shape index (κ2) is 10.5. The van der Waals surface area contributed by atoms with Crippen LogP contribution in [0.4, 0.5) is 0 Å². The maximum atomic E-state index is 6.28. The number of hydrogen-bond acceptors (Lipinski definition) is 4. The van der Waals surface area contributed by atoms with Crippen molar-refractivity contribution < 1.29 is 14.2 Å². The molecule has 0 saturated heterocycles. The molecule has 2 rings (SSSR count). The molecule has 6 heteroatoms. The Morgan fingerprint density at radius 3 is 2.23 bits per heavy atom. The summed E-state index contributed by atoms with van der Waals surface area (Å²) in [6.07, 6.45) is 1.78. The highest BCUT2D eigenvalue weighted by Crippen LogP contribution is 2.34. The van der Waals surface area contributed by atoms with Gasteiger partial charge in [-0.25, -0.2) is 0 Å². The van der Waals surface area contributed by atoms with Gasteiger partial charge in [0.25, 0.3) is 0 Å². The molecule has 0 aliphatic rings. The summed E-state index contributed by atoms with van der Waals surface area (Å²) in [5.74, 6) is 2.04. The van der Waals surface area contributed by atoms with Crippen molar-refractivity contribution in [3.05, 3.63) is 51.5 Å². The minimum Gasteiger partial charge on any atom is -0.493 e. The molecule has 2 aromatic carbocycles. The number of hydrogen-bond donors (Lipinski definition) is 1. The summed E-state index contributed by atoms with van der Waals surface area (Å²) in [6.45, 7) is 4.14. The Labute approximate surface area is 165 Å². The van der Waals surface area contributed by atoms with Gasteiger partial charge < -0.3 is 19.5 Å². The topological polar surface area (TPSA) is 39.7 Å². The maximum Gasteiger partial charge on any atom is 0.160 e. The monoisotopic (exact) mass is 397 g/mol. The van der Waals surface area contributed by atoms with Gasteiger partial charge in [0, 0.05) is 6.54 Å². The molecule has 0 unspecified atom stereocenters. The van der Waals surface area contributed by atoms with Crippen LogP contribution in [0.1, 0.15) is 24.5 Å². The van der Waals surface area contributed by atoms with Crippen molar-refractivity contribution >= 4 is 23.2 Å². The molecule has 0 bridgehead atoms. The van der Waals surface area contributed by atoms with Gasteiger partial charge in [0.05, 0.1) is 30.9 Å². The van der Waals surface area contributed by atoms with Crippen molar-refractivity contribution in [2.75, 3.05) is 27.4 Å². The molecule has 0 saturated carbocycles. The van der Waals surface area contributed by atoms with E-state index in [1.54, 1.807) is 14.2 Å². The summed E-state index contributed by atoms with van der Waals surface area (Å²) in [6, 6.07) is 9.73. The van der Waals surface area contributed by atoms with E-state index in [0.29, 0.717) is 28.9 Å². The van der Waals surface area contributed by atoms with Crippen molar-refractivity contribution in [2.45, 2.75) is 26.3 Å². The molecule has 2 aromatic rings. The Bertz CT molecular complexity index is 699. The number of halogens is 2. The van der Waals surface area contributed by atoms with Gasteiger partial charge in [-0.3, -0.25) is 0 Å². The minimum absolute atomic E-state index is 0.544. The fourth-order valence-electron chi connectivity index (χ4n) is 2.56. The van der Waals surface area contributed by atoms with Gasteiger partial charge >= 0.3 is 0 Å². The van der Waals surface area contributed by atoms with E-state index in [4.69, 9.17) is 37.4 Å². The lowest BCUT2D eigenvalue weighted by atomic mass is 10.1. The molecule has 26 heavy (non-hydrogen) atoms. The van der Waals surface area contributed by atoms with Crippen LogP contribution >= 0.6 is 23.2 Å². The summed E-state index contributed by atoms with van der Waals surface area (Å²) in [5, 5.41) is 4.49. The Balaban J connectivity index is 1.88. The largest absolute Gasteiger partial charge is 0.493 e. The minimum atomic E-state index is 0.544. The molecule has 0 aliphatic carbocycles. The summed E-state index contributed by atoms with van der Waals surface area (Å²) < 4.78 is 16.2. The first-order valence-electron chi connectivity index (χ1n) is 8.61. The van der Waals surface area contributed by atoms with Gasteiger partial charge in [0.15, 0.2) is 17.2 Å². The smallest absolute Gasteiger partial charge is 0.160 e. The first-order valence-corrected chi connectivity index (χ1v) is 9.37. The van der Waals surface area contributed by atoms with Crippen molar-refractivity contribution in [1.82, 2.24) is 5.32 Å². The Morgan fingerprint density at radius 2 is 1.62 bits per heavy atom. The first-order chi connectivity index (χ1) is 12.6. The molecular weight excluding hydrogens is 373 g/mol. The van der Waals surface area contributed by atoms with E-state index in [-0.39, 0.29) is 0 Å². The van der Waals surface area contributed by atoms with Gasteiger partial charge in [-0.15, -0.1) is 0 Å². The van der Waals surface area contributed by atoms with Crippen molar-refractivity contribution in [1.29, 1.82) is 0 Å². The fraction of sp³-hybridized carbons (Fsp3) is 0.400. The van der Waals surface area contributed by atoms with Crippen LogP contribution in [0, 0.1) is 0 Å². The third-order valence-corrected chi connectivity index (χ3v) is 4.44. The molecule has 0 aliphatic heterocycles. The highest BCUT2D eigenvalue weighted by molar-refractivity contribution is 6.37. The average Bonchev–Trinajstić information content (AvgIpc) is 2.64. The highest BCUT2D eigenvalue weighted by Gasteiger charge is 2.10. The first kappa shape index (κ1) is 20.7. The maximum absolute atomic E-state index is 6.28. The van der Waals surface area contributed by atoms with Crippen LogP contribution in [0.25, 0.3) is 0 Å². The lowest BCUT2D eigenvalue weighted by Gasteiger charge is -2.12. The third-order valence-electron chi connectivity index (χ3n) is 3.88. The van der Waals surface area contributed by atoms with E-state index in [1.807, 2.05) is 37.3 Å². The van der Waals surface area contributed by atoms with Crippen molar-refractivity contribution in [3.8, 4) is 17.2 Å². The summed E-state index contributed by atoms with van der Waals surface area (Å²) in [4.78, 5) is 0. The zero-order valence-corrected chi connectivity index (χ0v) is 16.9. The van der Waals surface area contributed by atoms with Crippen molar-refractivity contribution in [3.63, 3.8) is 0 Å². The van der Waals surface area contributed by atoms with Gasteiger partial charge in [0.1, 0.15) is 0 Å². The molecule has 0 amide bonds. The molecular formula is C20H25Cl2NO3. The second-order valence-corrected chi connectivity index (χ2v) is 6.67. The molecule has 0 atom stereocenters. The predicted octanol–water partition coefficient (Wildman–Crippen LogP) is 5.13. The van der Waals surface area contributed by atoms with E-state index >= 15 is 0 Å². The van der Waals surface area contributed by atoms with E-state index in [0.717, 1.165) is 36.4 Å². The Hall–Kier alpha value is -1.62. The van der Waals surface area contributed by atoms with Crippen LogP contribution in [0.2, 0.25) is 10.0 Å². The van der Waals surface area contributed by atoms with Crippen molar-refractivity contribution in [2.24, 2.45) is 0 Å². The molecule has 1 N–H and O–H groups in total. The standard InChI is InChI=1S/C20H25Cl2NO3/c1-4-9-26-20-16(21)10-15(11-17(20)22)13-23-8-7-14-5-6-18(24-2)19(12-14)25-3/h5-6,10-12,23H,4,7-9,13H2,1-3H3. The number of ether oxygens (including phenoxy) is 3. The number of methoxy groups -OCH3 is 2. The van der Waals surface area contributed by atoms with Gasteiger partial charge in [-0.2, -0.15) is 0 Å². The highest BCUT2D eigenvalue weighted by atomic mass is 35.5. The Kier molecular flexibility index (Phi) is 8.36. The quantitative estimate of drug-likeness (QED) is 0.563. The summed E-state index contributed by atoms with van der Waals surface area (Å²) in [5.41, 5.74) is 2.20. The predicted molar refractivity (Wildman–Crippen MR) is 107 cm³/mol. The summed E-state index contributed by atoms with van der Waals surface area (Å²) in [7, 11) is 3.27. The Morgan fingerprint density at radius 1 is 0.923 bits per heavy atom. The van der Waals surface area contributed by atoms with E-state index in [9.17, 15) is 0 Å². The molecule has 0 heterocycles. The van der Waals surface area contributed by atoms with E-state index < -0.39 is 0 Å². The molecule has 0 aromatic heterocycles. The lowest BCUT2D eigenvalue weighted by Crippen LogP contribution is -2.16. The van der Waals surface area contributed by atoms with Crippen LogP contribution < -0.4 is 19.5 Å². The van der Waals surface area contributed by atoms with Gasteiger partial charge in [-0.1, -0.05) is 36.2 Å². The van der Waals surface area contributed by atoms with Gasteiger partial charge in [0.2, 0.25) is 0 Å². The molecule has 0 spiro atoms. The SMILES string of the molecule is CCCOc1c(Cl)cc(CNCCc2ccc(OC)c(OC)c2)cc1Cl. The van der Waals surface area contributed by atoms with E-state index in [2.05, 4.69) is 5.32 Å². The average molecular weight is 398 g/mol. The molecule has 0 fully saturated rings. The molecule has 0 radical (unpaired) electrons. The molecule has 142 valence electrons. The van der Waals surface area contributed by atoms with Crippen LogP contribution in [0.3, 0.4) is 0 Å². The van der Waals surface area contributed by atoms with Crippen LogP contribution in [0.15, 0.2) is 30.3 Å². The number of benzene rings is 2. The number of nitrogens with one attached hydrogen (secondary N) is 1. The van der Waals surface area contributed by atoms with Crippen LogP contribution in [0.5, 0.6) is 17.2 Å². The lowest BCUT2D eigenvalue weighted by molar-refractivity contribution is 0.317. The zero-order chi connectivity index (χ0) is 18.9.